The molecule has 0 spiro atoms. The van der Waals surface area contributed by atoms with Crippen LogP contribution in [0.5, 0.6) is 11.5 Å². The van der Waals surface area contributed by atoms with Crippen molar-refractivity contribution in [2.45, 2.75) is 0 Å². The van der Waals surface area contributed by atoms with E-state index >= 15 is 0 Å². The van der Waals surface area contributed by atoms with Crippen molar-refractivity contribution in [2.75, 3.05) is 7.11 Å². The van der Waals surface area contributed by atoms with Crippen molar-refractivity contribution in [1.29, 1.82) is 0 Å². The van der Waals surface area contributed by atoms with Gasteiger partial charge in [0.25, 0.3) is 0 Å². The number of hydrogen-bond donors (Lipinski definition) is 1. The lowest BCUT2D eigenvalue weighted by atomic mass is 10.3. The molecular weight excluding hydrogens is 216 g/mol. The summed E-state index contributed by atoms with van der Waals surface area (Å²) in [7, 11) is 1.62. The molecule has 0 heterocycles. The second-order valence-electron chi connectivity index (χ2n) is 3.41. The van der Waals surface area contributed by atoms with Crippen LogP contribution in [0, 0.1) is 0 Å². The van der Waals surface area contributed by atoms with Crippen LogP contribution in [0.2, 0.25) is 0 Å². The normalized spacial score (nSPS) is 10.6. The van der Waals surface area contributed by atoms with Crippen LogP contribution in [-0.4, -0.2) is 12.2 Å². The van der Waals surface area contributed by atoms with Crippen molar-refractivity contribution in [1.82, 2.24) is 0 Å². The average molecular weight is 228 g/mol. The van der Waals surface area contributed by atoms with E-state index < -0.39 is 0 Å². The molecule has 17 heavy (non-hydrogen) atoms. The molecule has 2 aromatic carbocycles. The third kappa shape index (κ3) is 3.04. The van der Waals surface area contributed by atoms with Gasteiger partial charge in [-0.1, -0.05) is 0 Å². The van der Waals surface area contributed by atoms with E-state index in [1.54, 1.807) is 31.4 Å². The molecule has 0 saturated carbocycles. The highest BCUT2D eigenvalue weighted by Gasteiger charge is 1.93. The molecule has 0 amide bonds. The Morgan fingerprint density at radius 1 is 0.824 bits per heavy atom. The quantitative estimate of drug-likeness (QED) is 0.812. The largest absolute Gasteiger partial charge is 0.508 e. The van der Waals surface area contributed by atoms with E-state index in [0.717, 1.165) is 11.4 Å². The maximum absolute atomic E-state index is 9.11. The molecule has 2 aromatic rings. The molecule has 0 radical (unpaired) electrons. The van der Waals surface area contributed by atoms with Gasteiger partial charge < -0.3 is 9.84 Å². The van der Waals surface area contributed by atoms with E-state index in [9.17, 15) is 0 Å². The minimum atomic E-state index is 0.216. The van der Waals surface area contributed by atoms with Crippen molar-refractivity contribution in [3.8, 4) is 11.5 Å². The predicted octanol–water partition coefficient (Wildman–Crippen LogP) is 3.82. The summed E-state index contributed by atoms with van der Waals surface area (Å²) in [6.07, 6.45) is 0. The van der Waals surface area contributed by atoms with Crippen molar-refractivity contribution in [3.05, 3.63) is 48.5 Å². The number of phenols is 1. The Bertz CT molecular complexity index is 504. The first-order chi connectivity index (χ1) is 8.28. The van der Waals surface area contributed by atoms with Gasteiger partial charge in [-0.3, -0.25) is 0 Å². The summed E-state index contributed by atoms with van der Waals surface area (Å²) in [6, 6.07) is 13.8. The monoisotopic (exact) mass is 228 g/mol. The average Bonchev–Trinajstić information content (AvgIpc) is 2.39. The van der Waals surface area contributed by atoms with Gasteiger partial charge in [-0.15, -0.1) is 0 Å². The van der Waals surface area contributed by atoms with Crippen molar-refractivity contribution >= 4 is 11.4 Å². The maximum Gasteiger partial charge on any atom is 0.119 e. The van der Waals surface area contributed by atoms with Crippen LogP contribution < -0.4 is 4.74 Å². The minimum absolute atomic E-state index is 0.216. The molecular formula is C13H12N2O2. The van der Waals surface area contributed by atoms with Gasteiger partial charge in [-0.2, -0.15) is 10.2 Å². The smallest absolute Gasteiger partial charge is 0.119 e. The molecule has 0 bridgehead atoms. The number of benzene rings is 2. The summed E-state index contributed by atoms with van der Waals surface area (Å²) in [5.41, 5.74) is 1.44. The molecule has 2 rings (SSSR count). The predicted molar refractivity (Wildman–Crippen MR) is 65.3 cm³/mol. The molecule has 4 nitrogen and oxygen atoms in total. The SMILES string of the molecule is COc1ccc(/N=N/c2ccc(O)cc2)cc1. The molecule has 86 valence electrons. The third-order valence-electron chi connectivity index (χ3n) is 2.20. The van der Waals surface area contributed by atoms with Crippen LogP contribution in [-0.2, 0) is 0 Å². The highest BCUT2D eigenvalue weighted by atomic mass is 16.5. The molecule has 0 fully saturated rings. The van der Waals surface area contributed by atoms with E-state index in [0.29, 0.717) is 5.69 Å². The number of nitrogens with zero attached hydrogens (tertiary/aromatic N) is 2. The molecule has 1 N–H and O–H groups in total. The Kier molecular flexibility index (Phi) is 3.35. The molecule has 0 aliphatic rings. The van der Waals surface area contributed by atoms with Crippen LogP contribution >= 0.6 is 0 Å². The van der Waals surface area contributed by atoms with Gasteiger partial charge in [0.1, 0.15) is 11.5 Å². The number of hydrogen-bond acceptors (Lipinski definition) is 4. The standard InChI is InChI=1S/C13H12N2O2/c1-17-13-8-4-11(5-9-13)15-14-10-2-6-12(16)7-3-10/h2-9,16H,1H3/b15-14+. The number of methoxy groups -OCH3 is 1. The first-order valence-electron chi connectivity index (χ1n) is 5.13. The van der Waals surface area contributed by atoms with Crippen LogP contribution in [0.15, 0.2) is 58.8 Å². The second kappa shape index (κ2) is 5.12. The summed E-state index contributed by atoms with van der Waals surface area (Å²) < 4.78 is 5.05. The van der Waals surface area contributed by atoms with E-state index in [-0.39, 0.29) is 5.75 Å². The van der Waals surface area contributed by atoms with Crippen LogP contribution in [0.25, 0.3) is 0 Å². The van der Waals surface area contributed by atoms with Gasteiger partial charge in [0, 0.05) is 0 Å². The number of azo groups is 1. The Balaban J connectivity index is 2.11. The number of phenolic OH excluding ortho intramolecular Hbond substituents is 1. The first kappa shape index (κ1) is 11.1. The highest BCUT2D eigenvalue weighted by Crippen LogP contribution is 2.22. The van der Waals surface area contributed by atoms with E-state index in [4.69, 9.17) is 9.84 Å². The van der Waals surface area contributed by atoms with Crippen molar-refractivity contribution in [2.24, 2.45) is 10.2 Å². The van der Waals surface area contributed by atoms with E-state index in [2.05, 4.69) is 10.2 Å². The molecule has 0 atom stereocenters. The zero-order valence-corrected chi connectivity index (χ0v) is 9.37. The summed E-state index contributed by atoms with van der Waals surface area (Å²) >= 11 is 0. The van der Waals surface area contributed by atoms with Gasteiger partial charge in [0.2, 0.25) is 0 Å². The lowest BCUT2D eigenvalue weighted by Gasteiger charge is -1.98. The third-order valence-corrected chi connectivity index (χ3v) is 2.20. The lowest BCUT2D eigenvalue weighted by molar-refractivity contribution is 0.415. The molecule has 0 saturated heterocycles. The minimum Gasteiger partial charge on any atom is -0.508 e. The summed E-state index contributed by atoms with van der Waals surface area (Å²) in [4.78, 5) is 0. The zero-order valence-electron chi connectivity index (χ0n) is 9.37. The Morgan fingerprint density at radius 3 is 1.76 bits per heavy atom. The molecule has 0 unspecified atom stereocenters. The molecule has 4 heteroatoms. The summed E-state index contributed by atoms with van der Waals surface area (Å²) in [5, 5.41) is 17.2. The number of ether oxygens (including phenoxy) is 1. The molecule has 0 aliphatic heterocycles. The molecule has 0 aliphatic carbocycles. The van der Waals surface area contributed by atoms with Gasteiger partial charge >= 0.3 is 0 Å². The number of aromatic hydroxyl groups is 1. The van der Waals surface area contributed by atoms with E-state index in [1.807, 2.05) is 24.3 Å². The van der Waals surface area contributed by atoms with Crippen molar-refractivity contribution in [3.63, 3.8) is 0 Å². The second-order valence-corrected chi connectivity index (χ2v) is 3.41. The summed E-state index contributed by atoms with van der Waals surface area (Å²) in [6.45, 7) is 0. The van der Waals surface area contributed by atoms with E-state index in [1.165, 1.54) is 0 Å². The fraction of sp³-hybridized carbons (Fsp3) is 0.0769. The fourth-order valence-corrected chi connectivity index (χ4v) is 1.28. The summed E-state index contributed by atoms with van der Waals surface area (Å²) in [5.74, 6) is 1.00. The van der Waals surface area contributed by atoms with Crippen LogP contribution in [0.4, 0.5) is 11.4 Å². The van der Waals surface area contributed by atoms with Gasteiger partial charge in [0.15, 0.2) is 0 Å². The van der Waals surface area contributed by atoms with Gasteiger partial charge in [0.05, 0.1) is 18.5 Å². The topological polar surface area (TPSA) is 54.2 Å². The van der Waals surface area contributed by atoms with Crippen LogP contribution in [0.3, 0.4) is 0 Å². The Morgan fingerprint density at radius 2 is 1.29 bits per heavy atom. The zero-order chi connectivity index (χ0) is 12.1. The Hall–Kier alpha value is -2.36. The van der Waals surface area contributed by atoms with Crippen LogP contribution in [0.1, 0.15) is 0 Å². The molecule has 0 aromatic heterocycles. The fourth-order valence-electron chi connectivity index (χ4n) is 1.28. The first-order valence-corrected chi connectivity index (χ1v) is 5.13. The van der Waals surface area contributed by atoms with Crippen molar-refractivity contribution < 1.29 is 9.84 Å². The lowest BCUT2D eigenvalue weighted by Crippen LogP contribution is -1.79. The van der Waals surface area contributed by atoms with Gasteiger partial charge in [-0.05, 0) is 48.5 Å². The number of rotatable bonds is 3. The van der Waals surface area contributed by atoms with Gasteiger partial charge in [-0.25, -0.2) is 0 Å². The highest BCUT2D eigenvalue weighted by molar-refractivity contribution is 5.43. The Labute approximate surface area is 99.2 Å². The maximum atomic E-state index is 9.11.